The molecule has 1 N–H and O–H groups in total. The molecular weight excluding hydrogens is 536 g/mol. The second-order valence-corrected chi connectivity index (χ2v) is 13.5. The van der Waals surface area contributed by atoms with Crippen molar-refractivity contribution in [3.05, 3.63) is 101 Å². The van der Waals surface area contributed by atoms with Gasteiger partial charge in [-0.05, 0) is 103 Å². The predicted octanol–water partition coefficient (Wildman–Crippen LogP) is 5.47. The number of benzene rings is 2. The Morgan fingerprint density at radius 2 is 1.90 bits per heavy atom. The van der Waals surface area contributed by atoms with Crippen molar-refractivity contribution < 1.29 is 17.7 Å². The first-order valence-electron chi connectivity index (χ1n) is 14.0. The summed E-state index contributed by atoms with van der Waals surface area (Å²) in [5, 5.41) is 20.4. The van der Waals surface area contributed by atoms with Gasteiger partial charge in [-0.15, -0.1) is 5.10 Å². The molecule has 0 radical (unpaired) electrons. The maximum absolute atomic E-state index is 13.2. The van der Waals surface area contributed by atoms with Crippen LogP contribution in [0.2, 0.25) is 0 Å². The van der Waals surface area contributed by atoms with Crippen LogP contribution >= 0.6 is 0 Å². The number of hydrogen-bond acceptors (Lipinski definition) is 7. The van der Waals surface area contributed by atoms with Gasteiger partial charge >= 0.3 is 10.1 Å². The fraction of sp³-hybridized carbons (Fsp3) is 0.344. The molecule has 4 atom stereocenters. The van der Waals surface area contributed by atoms with Gasteiger partial charge in [0.15, 0.2) is 0 Å². The van der Waals surface area contributed by atoms with E-state index in [2.05, 4.69) is 21.9 Å². The second kappa shape index (κ2) is 9.09. The van der Waals surface area contributed by atoms with E-state index < -0.39 is 15.7 Å². The largest absolute Gasteiger partial charge is 0.386 e. The van der Waals surface area contributed by atoms with Gasteiger partial charge < -0.3 is 9.29 Å². The molecule has 0 saturated heterocycles. The molecule has 4 aromatic rings. The summed E-state index contributed by atoms with van der Waals surface area (Å²) in [6, 6.07) is 16.2. The third kappa shape index (κ3) is 4.05. The Hall–Kier alpha value is -3.82. The molecule has 3 aliphatic carbocycles. The fourth-order valence-corrected chi connectivity index (χ4v) is 8.64. The summed E-state index contributed by atoms with van der Waals surface area (Å²) in [5.74, 6) is 0.504. The molecule has 8 nitrogen and oxygen atoms in total. The van der Waals surface area contributed by atoms with Gasteiger partial charge in [-0.2, -0.15) is 8.42 Å². The first kappa shape index (κ1) is 26.1. The standard InChI is InChI=1S/C32H32N4O4S/c1-20-7-9-23(10-8-20)41(38,39)40-29-12-11-24-25-13-14-32(37)19-31(25,16-21(32)2)26(30(24)22(29)3)17-36-18-28(34-35-36)27-6-4-5-15-33-27/h4-12,15,18,25-26,37H,2,13-14,16-17,19H2,1,3H3/t25-,26-,31-,32-/m0/s1. The molecule has 0 unspecified atom stereocenters. The molecule has 210 valence electrons. The molecule has 7 rings (SSSR count). The Kier molecular flexibility index (Phi) is 5.79. The van der Waals surface area contributed by atoms with Gasteiger partial charge in [0.25, 0.3) is 0 Å². The lowest BCUT2D eigenvalue weighted by Gasteiger charge is -2.42. The second-order valence-electron chi connectivity index (χ2n) is 11.9. The van der Waals surface area contributed by atoms with Crippen molar-refractivity contribution in [1.82, 2.24) is 20.0 Å². The normalized spacial score (nSPS) is 26.6. The van der Waals surface area contributed by atoms with Gasteiger partial charge in [0.2, 0.25) is 0 Å². The molecule has 0 aliphatic heterocycles. The van der Waals surface area contributed by atoms with Crippen LogP contribution < -0.4 is 4.18 Å². The van der Waals surface area contributed by atoms with Crippen LogP contribution in [0.5, 0.6) is 5.75 Å². The van der Waals surface area contributed by atoms with Crippen molar-refractivity contribution in [3.63, 3.8) is 0 Å². The van der Waals surface area contributed by atoms with Gasteiger partial charge in [-0.3, -0.25) is 9.67 Å². The molecule has 2 bridgehead atoms. The zero-order valence-electron chi connectivity index (χ0n) is 23.1. The lowest BCUT2D eigenvalue weighted by Crippen LogP contribution is -2.39. The third-order valence-electron chi connectivity index (χ3n) is 9.62. The van der Waals surface area contributed by atoms with Gasteiger partial charge in [0.1, 0.15) is 16.3 Å². The molecule has 2 fully saturated rings. The van der Waals surface area contributed by atoms with Crippen LogP contribution in [0.1, 0.15) is 59.8 Å². The summed E-state index contributed by atoms with van der Waals surface area (Å²) in [4.78, 5) is 4.53. The number of aromatic nitrogens is 4. The van der Waals surface area contributed by atoms with Crippen molar-refractivity contribution in [2.24, 2.45) is 5.41 Å². The van der Waals surface area contributed by atoms with Crippen molar-refractivity contribution in [2.75, 3.05) is 0 Å². The average molecular weight is 569 g/mol. The number of aliphatic hydroxyl groups is 1. The maximum Gasteiger partial charge on any atom is 0.339 e. The summed E-state index contributed by atoms with van der Waals surface area (Å²) in [7, 11) is -4.02. The van der Waals surface area contributed by atoms with Crippen molar-refractivity contribution in [3.8, 4) is 17.1 Å². The molecular formula is C32H32N4O4S. The highest BCUT2D eigenvalue weighted by molar-refractivity contribution is 7.87. The monoisotopic (exact) mass is 568 g/mol. The highest BCUT2D eigenvalue weighted by atomic mass is 32.2. The Labute approximate surface area is 239 Å². The number of rotatable bonds is 6. The van der Waals surface area contributed by atoms with Gasteiger partial charge in [0.05, 0.1) is 24.0 Å². The zero-order chi connectivity index (χ0) is 28.6. The summed E-state index contributed by atoms with van der Waals surface area (Å²) in [5.41, 5.74) is 5.26. The number of fused-ring (bicyclic) bond motifs is 3. The van der Waals surface area contributed by atoms with Crippen molar-refractivity contribution >= 4 is 10.1 Å². The van der Waals surface area contributed by atoms with E-state index in [9.17, 15) is 13.5 Å². The molecule has 2 aromatic heterocycles. The molecule has 1 spiro atoms. The molecule has 41 heavy (non-hydrogen) atoms. The molecule has 0 amide bonds. The fourth-order valence-electron chi connectivity index (χ4n) is 7.65. The molecule has 2 saturated carbocycles. The minimum Gasteiger partial charge on any atom is -0.386 e. The average Bonchev–Trinajstić information content (AvgIpc) is 3.58. The van der Waals surface area contributed by atoms with Gasteiger partial charge in [-0.1, -0.05) is 41.6 Å². The topological polar surface area (TPSA) is 107 Å². The lowest BCUT2D eigenvalue weighted by molar-refractivity contribution is 0.00370. The van der Waals surface area contributed by atoms with Crippen LogP contribution in [-0.2, 0) is 16.7 Å². The Morgan fingerprint density at radius 1 is 1.10 bits per heavy atom. The highest BCUT2D eigenvalue weighted by Gasteiger charge is 2.64. The van der Waals surface area contributed by atoms with E-state index in [4.69, 9.17) is 4.18 Å². The highest BCUT2D eigenvalue weighted by Crippen LogP contribution is 2.72. The third-order valence-corrected chi connectivity index (χ3v) is 10.9. The molecule has 2 aromatic carbocycles. The molecule has 2 heterocycles. The Bertz CT molecular complexity index is 1780. The zero-order valence-corrected chi connectivity index (χ0v) is 23.9. The lowest BCUT2D eigenvalue weighted by atomic mass is 9.63. The quantitative estimate of drug-likeness (QED) is 0.243. The van der Waals surface area contributed by atoms with Crippen LogP contribution in [0.3, 0.4) is 0 Å². The summed E-state index contributed by atoms with van der Waals surface area (Å²) in [6.45, 7) is 8.68. The van der Waals surface area contributed by atoms with Crippen LogP contribution in [0.4, 0.5) is 0 Å². The molecule has 3 aliphatic rings. The Morgan fingerprint density at radius 3 is 2.66 bits per heavy atom. The number of aryl methyl sites for hydroxylation is 1. The van der Waals surface area contributed by atoms with Crippen molar-refractivity contribution in [2.45, 2.75) is 68.4 Å². The Balaban J connectivity index is 1.31. The van der Waals surface area contributed by atoms with E-state index in [1.54, 1.807) is 36.5 Å². The van der Waals surface area contributed by atoms with Crippen LogP contribution in [0.25, 0.3) is 11.4 Å². The van der Waals surface area contributed by atoms with E-state index in [0.717, 1.165) is 34.4 Å². The first-order chi connectivity index (χ1) is 19.6. The predicted molar refractivity (Wildman–Crippen MR) is 154 cm³/mol. The minimum absolute atomic E-state index is 0.0440. The van der Waals surface area contributed by atoms with E-state index >= 15 is 0 Å². The van der Waals surface area contributed by atoms with E-state index in [1.165, 1.54) is 5.56 Å². The number of hydrogen-bond donors (Lipinski definition) is 1. The summed E-state index contributed by atoms with van der Waals surface area (Å²) < 4.78 is 34.1. The smallest absolute Gasteiger partial charge is 0.339 e. The van der Waals surface area contributed by atoms with Crippen molar-refractivity contribution in [1.29, 1.82) is 0 Å². The van der Waals surface area contributed by atoms with Crippen LogP contribution in [-0.4, -0.2) is 39.1 Å². The SMILES string of the molecule is C=C1C[C@]23C[C@@]1(O)CC[C@H]2c1ccc(OS(=O)(=O)c2ccc(C)cc2)c(C)c1[C@@H]3Cn1cc(-c2ccccn2)nn1. The summed E-state index contributed by atoms with van der Waals surface area (Å²) >= 11 is 0. The first-order valence-corrected chi connectivity index (χ1v) is 15.4. The minimum atomic E-state index is -4.02. The van der Waals surface area contributed by atoms with Gasteiger partial charge in [-0.25, -0.2) is 0 Å². The number of nitrogens with zero attached hydrogens (tertiary/aromatic N) is 4. The summed E-state index contributed by atoms with van der Waals surface area (Å²) in [6.07, 6.45) is 6.50. The maximum atomic E-state index is 13.2. The van der Waals surface area contributed by atoms with Crippen LogP contribution in [0.15, 0.2) is 84.0 Å². The molecule has 9 heteroatoms. The van der Waals surface area contributed by atoms with E-state index in [0.29, 0.717) is 37.3 Å². The van der Waals surface area contributed by atoms with E-state index in [1.807, 2.05) is 49.0 Å². The number of pyridine rings is 1. The van der Waals surface area contributed by atoms with E-state index in [-0.39, 0.29) is 22.1 Å². The van der Waals surface area contributed by atoms with Crippen LogP contribution in [0, 0.1) is 19.3 Å². The van der Waals surface area contributed by atoms with Gasteiger partial charge in [0, 0.05) is 12.1 Å².